The third-order valence-corrected chi connectivity index (χ3v) is 8.99. The van der Waals surface area contributed by atoms with Gasteiger partial charge in [-0.2, -0.15) is 18.3 Å². The molecule has 2 aromatic heterocycles. The fourth-order valence-electron chi connectivity index (χ4n) is 5.04. The van der Waals surface area contributed by atoms with Gasteiger partial charge in [0.25, 0.3) is 5.56 Å². The average Bonchev–Trinajstić information content (AvgIpc) is 3.53. The van der Waals surface area contributed by atoms with Gasteiger partial charge in [0.1, 0.15) is 18.1 Å². The zero-order chi connectivity index (χ0) is 31.7. The van der Waals surface area contributed by atoms with Crippen molar-refractivity contribution >= 4 is 25.1 Å². The van der Waals surface area contributed by atoms with Crippen molar-refractivity contribution in [2.45, 2.75) is 83.8 Å². The first-order valence-corrected chi connectivity index (χ1v) is 18.1. The van der Waals surface area contributed by atoms with Gasteiger partial charge in [0, 0.05) is 39.4 Å². The number of likely N-dealkylation sites (tertiary alicyclic amines) is 1. The van der Waals surface area contributed by atoms with E-state index >= 15 is 0 Å². The van der Waals surface area contributed by atoms with Crippen molar-refractivity contribution in [2.75, 3.05) is 26.8 Å². The lowest BCUT2D eigenvalue weighted by Crippen LogP contribution is -2.35. The maximum atomic E-state index is 14.2. The Balaban J connectivity index is 1.80. The van der Waals surface area contributed by atoms with Crippen LogP contribution in [0.4, 0.5) is 18.0 Å². The number of pyridine rings is 1. The molecule has 0 bridgehead atoms. The van der Waals surface area contributed by atoms with Crippen molar-refractivity contribution in [3.8, 4) is 5.75 Å². The molecule has 43 heavy (non-hydrogen) atoms. The molecule has 13 heteroatoms. The first-order chi connectivity index (χ1) is 20.0. The van der Waals surface area contributed by atoms with Crippen molar-refractivity contribution < 1.29 is 32.2 Å². The summed E-state index contributed by atoms with van der Waals surface area (Å²) in [4.78, 5) is 28.4. The number of ether oxygens (including phenoxy) is 3. The summed E-state index contributed by atoms with van der Waals surface area (Å²) < 4.78 is 61.8. The molecule has 1 aromatic carbocycles. The van der Waals surface area contributed by atoms with Gasteiger partial charge in [-0.3, -0.25) is 4.79 Å². The quantitative estimate of drug-likeness (QED) is 0.205. The van der Waals surface area contributed by atoms with Crippen molar-refractivity contribution in [1.29, 1.82) is 0 Å². The third-order valence-electron chi connectivity index (χ3n) is 7.28. The number of rotatable bonds is 9. The van der Waals surface area contributed by atoms with Gasteiger partial charge in [0.2, 0.25) is 0 Å². The van der Waals surface area contributed by atoms with Gasteiger partial charge in [-0.05, 0) is 57.0 Å². The van der Waals surface area contributed by atoms with Gasteiger partial charge >= 0.3 is 12.3 Å². The lowest BCUT2D eigenvalue weighted by Gasteiger charge is -2.25. The molecule has 4 rings (SSSR count). The topological polar surface area (TPSA) is 87.8 Å². The second-order valence-corrected chi connectivity index (χ2v) is 18.8. The lowest BCUT2D eigenvalue weighted by atomic mass is 10.0. The molecule has 1 atom stereocenters. The van der Waals surface area contributed by atoms with Crippen LogP contribution >= 0.6 is 0 Å². The smallest absolute Gasteiger partial charge is 0.435 e. The summed E-state index contributed by atoms with van der Waals surface area (Å²) in [5.74, 6) is 0.304. The molecule has 1 amide bonds. The molecule has 1 saturated heterocycles. The van der Waals surface area contributed by atoms with Crippen molar-refractivity contribution in [1.82, 2.24) is 19.2 Å². The Morgan fingerprint density at radius 1 is 1.12 bits per heavy atom. The van der Waals surface area contributed by atoms with E-state index in [-0.39, 0.29) is 31.3 Å². The molecule has 1 aliphatic rings. The van der Waals surface area contributed by atoms with Crippen LogP contribution in [0.2, 0.25) is 25.7 Å². The second kappa shape index (κ2) is 12.3. The number of methoxy groups -OCH3 is 1. The van der Waals surface area contributed by atoms with Crippen LogP contribution in [0.15, 0.2) is 35.1 Å². The standard InChI is InChI=1S/C30H41F3N4O5Si/c1-29(2,3)42-28(39)35-13-12-21(18-35)23-16-24-25(27(38)36(23)17-20-8-10-22(40-4)11-9-20)26(30(31,32)33)34-37(24)19-41-14-15-43(5,6)7/h8-11,16,21H,12-15,17-19H2,1-7H3. The van der Waals surface area contributed by atoms with Gasteiger partial charge in [0.15, 0.2) is 5.69 Å². The molecule has 1 aliphatic heterocycles. The summed E-state index contributed by atoms with van der Waals surface area (Å²) >= 11 is 0. The molecule has 9 nitrogen and oxygen atoms in total. The van der Waals surface area contributed by atoms with Crippen LogP contribution in [-0.2, 0) is 28.9 Å². The molecule has 0 radical (unpaired) electrons. The largest absolute Gasteiger partial charge is 0.497 e. The van der Waals surface area contributed by atoms with Crippen LogP contribution < -0.4 is 10.3 Å². The van der Waals surface area contributed by atoms with Crippen molar-refractivity contribution in [3.63, 3.8) is 0 Å². The summed E-state index contributed by atoms with van der Waals surface area (Å²) in [5, 5.41) is 3.34. The molecule has 0 spiro atoms. The zero-order valence-electron chi connectivity index (χ0n) is 25.9. The van der Waals surface area contributed by atoms with E-state index in [4.69, 9.17) is 14.2 Å². The van der Waals surface area contributed by atoms with E-state index < -0.39 is 42.6 Å². The van der Waals surface area contributed by atoms with Gasteiger partial charge in [-0.1, -0.05) is 31.8 Å². The summed E-state index contributed by atoms with van der Waals surface area (Å²) in [6.45, 7) is 12.7. The summed E-state index contributed by atoms with van der Waals surface area (Å²) in [6.07, 6.45) is -4.80. The number of amides is 1. The Kier molecular flexibility index (Phi) is 9.36. The summed E-state index contributed by atoms with van der Waals surface area (Å²) in [6, 6.07) is 9.43. The predicted octanol–water partition coefficient (Wildman–Crippen LogP) is 6.31. The highest BCUT2D eigenvalue weighted by atomic mass is 28.3. The number of nitrogens with zero attached hydrogens (tertiary/aromatic N) is 4. The van der Waals surface area contributed by atoms with Gasteiger partial charge in [0.05, 0.1) is 24.6 Å². The Morgan fingerprint density at radius 3 is 2.37 bits per heavy atom. The van der Waals surface area contributed by atoms with E-state index in [0.29, 0.717) is 36.6 Å². The molecule has 0 saturated carbocycles. The molecule has 1 unspecified atom stereocenters. The normalized spacial score (nSPS) is 16.2. The van der Waals surface area contributed by atoms with E-state index in [0.717, 1.165) is 10.7 Å². The van der Waals surface area contributed by atoms with Gasteiger partial charge < -0.3 is 23.7 Å². The summed E-state index contributed by atoms with van der Waals surface area (Å²) in [7, 11) is 0.105. The minimum atomic E-state index is -4.85. The Hall–Kier alpha value is -3.32. The molecule has 1 fully saturated rings. The highest BCUT2D eigenvalue weighted by Gasteiger charge is 2.40. The first-order valence-electron chi connectivity index (χ1n) is 14.4. The number of carbonyl (C=O) groups excluding carboxylic acids is 1. The monoisotopic (exact) mass is 622 g/mol. The number of hydrogen-bond acceptors (Lipinski definition) is 6. The van der Waals surface area contributed by atoms with E-state index in [1.807, 2.05) is 0 Å². The average molecular weight is 623 g/mol. The fourth-order valence-corrected chi connectivity index (χ4v) is 5.79. The number of alkyl halides is 3. The number of hydrogen-bond donors (Lipinski definition) is 0. The van der Waals surface area contributed by atoms with Crippen LogP contribution in [0.1, 0.15) is 50.1 Å². The molecule has 236 valence electrons. The maximum absolute atomic E-state index is 14.2. The number of aromatic nitrogens is 3. The van der Waals surface area contributed by atoms with E-state index in [1.165, 1.54) is 11.7 Å². The zero-order valence-corrected chi connectivity index (χ0v) is 26.9. The molecular formula is C30H41F3N4O5Si. The Bertz CT molecular complexity index is 1500. The van der Waals surface area contributed by atoms with Crippen LogP contribution in [0.3, 0.4) is 0 Å². The Labute approximate surface area is 250 Å². The maximum Gasteiger partial charge on any atom is 0.435 e. The van der Waals surface area contributed by atoms with Crippen LogP contribution in [-0.4, -0.2) is 65.8 Å². The van der Waals surface area contributed by atoms with Crippen LogP contribution in [0, 0.1) is 0 Å². The van der Waals surface area contributed by atoms with Crippen molar-refractivity contribution in [2.24, 2.45) is 0 Å². The van der Waals surface area contributed by atoms with E-state index in [2.05, 4.69) is 24.7 Å². The van der Waals surface area contributed by atoms with Gasteiger partial charge in [-0.15, -0.1) is 0 Å². The van der Waals surface area contributed by atoms with Crippen molar-refractivity contribution in [3.05, 3.63) is 57.6 Å². The van der Waals surface area contributed by atoms with E-state index in [1.54, 1.807) is 56.0 Å². The number of fused-ring (bicyclic) bond motifs is 1. The Morgan fingerprint density at radius 2 is 1.79 bits per heavy atom. The molecule has 0 N–H and O–H groups in total. The molecule has 0 aliphatic carbocycles. The lowest BCUT2D eigenvalue weighted by molar-refractivity contribution is -0.140. The summed E-state index contributed by atoms with van der Waals surface area (Å²) in [5.41, 5.74) is -1.42. The minimum absolute atomic E-state index is 0.0340. The fraction of sp³-hybridized carbons (Fsp3) is 0.567. The highest BCUT2D eigenvalue weighted by Crippen LogP contribution is 2.35. The third kappa shape index (κ3) is 7.99. The highest BCUT2D eigenvalue weighted by molar-refractivity contribution is 6.76. The number of carbonyl (C=O) groups is 1. The van der Waals surface area contributed by atoms with Crippen LogP contribution in [0.25, 0.3) is 10.9 Å². The second-order valence-electron chi connectivity index (χ2n) is 13.2. The molecular weight excluding hydrogens is 581 g/mol. The van der Waals surface area contributed by atoms with Crippen LogP contribution in [0.5, 0.6) is 5.75 Å². The SMILES string of the molecule is COc1ccc(Cn2c(C3CCN(C(=O)OC(C)(C)C)C3)cc3c(c(C(F)(F)F)nn3COCC[Si](C)(C)C)c2=O)cc1. The minimum Gasteiger partial charge on any atom is -0.497 e. The first kappa shape index (κ1) is 32.6. The molecule has 3 heterocycles. The van der Waals surface area contributed by atoms with E-state index in [9.17, 15) is 22.8 Å². The molecule has 3 aromatic rings. The van der Waals surface area contributed by atoms with Gasteiger partial charge in [-0.25, -0.2) is 9.48 Å². The number of halogens is 3. The predicted molar refractivity (Wildman–Crippen MR) is 160 cm³/mol. The number of benzene rings is 1.